The Balaban J connectivity index is 1.90. The number of hydrogen-bond acceptors (Lipinski definition) is 2. The van der Waals surface area contributed by atoms with Gasteiger partial charge in [-0.05, 0) is 42.0 Å². The number of imidazole rings is 1. The average molecular weight is 270 g/mol. The number of anilines is 1. The number of benzene rings is 2. The average Bonchev–Trinajstić information content (AvgIpc) is 2.80. The molecule has 0 atom stereocenters. The first-order valence-electron chi connectivity index (χ1n) is 5.89. The molecule has 0 fully saturated rings. The van der Waals surface area contributed by atoms with E-state index in [1.54, 1.807) is 0 Å². The fraction of sp³-hybridized carbons (Fsp3) is 0. The maximum Gasteiger partial charge on any atom is 0.131 e. The first-order valence-corrected chi connectivity index (χ1v) is 6.27. The van der Waals surface area contributed by atoms with Crippen LogP contribution in [0.25, 0.3) is 23.2 Å². The van der Waals surface area contributed by atoms with E-state index in [1.807, 2.05) is 54.6 Å². The number of nitrogen functional groups attached to an aromatic ring is 1. The minimum atomic E-state index is 0.699. The number of fused-ring (bicyclic) bond motifs is 1. The molecule has 0 amide bonds. The minimum absolute atomic E-state index is 0.699. The van der Waals surface area contributed by atoms with E-state index >= 15 is 0 Å². The summed E-state index contributed by atoms with van der Waals surface area (Å²) in [5, 5.41) is 0.699. The van der Waals surface area contributed by atoms with Crippen LogP contribution in [-0.4, -0.2) is 9.97 Å². The fourth-order valence-corrected chi connectivity index (χ4v) is 2.03. The van der Waals surface area contributed by atoms with Gasteiger partial charge in [0.2, 0.25) is 0 Å². The van der Waals surface area contributed by atoms with Gasteiger partial charge in [0.15, 0.2) is 0 Å². The predicted molar refractivity (Wildman–Crippen MR) is 80.9 cm³/mol. The maximum absolute atomic E-state index is 5.94. The molecular formula is C15H12ClN3. The molecule has 3 aromatic rings. The quantitative estimate of drug-likeness (QED) is 0.692. The predicted octanol–water partition coefficient (Wildman–Crippen LogP) is 3.97. The Morgan fingerprint density at radius 1 is 1.05 bits per heavy atom. The summed E-state index contributed by atoms with van der Waals surface area (Å²) in [6.45, 7) is 0. The Bertz CT molecular complexity index is 742. The first-order chi connectivity index (χ1) is 9.20. The van der Waals surface area contributed by atoms with Crippen LogP contribution in [0.3, 0.4) is 0 Å². The lowest BCUT2D eigenvalue weighted by molar-refractivity contribution is 1.29. The third kappa shape index (κ3) is 2.61. The second-order valence-electron chi connectivity index (χ2n) is 4.28. The van der Waals surface area contributed by atoms with Crippen LogP contribution in [0.15, 0.2) is 42.5 Å². The molecule has 19 heavy (non-hydrogen) atoms. The lowest BCUT2D eigenvalue weighted by Crippen LogP contribution is -1.82. The van der Waals surface area contributed by atoms with Crippen LogP contribution in [0, 0.1) is 0 Å². The van der Waals surface area contributed by atoms with Crippen molar-refractivity contribution in [2.75, 3.05) is 5.73 Å². The molecule has 3 N–H and O–H groups in total. The lowest BCUT2D eigenvalue weighted by atomic mass is 10.2. The Morgan fingerprint density at radius 3 is 2.63 bits per heavy atom. The summed E-state index contributed by atoms with van der Waals surface area (Å²) in [4.78, 5) is 7.67. The van der Waals surface area contributed by atoms with Crippen molar-refractivity contribution >= 4 is 40.5 Å². The number of H-pyrrole nitrogens is 1. The van der Waals surface area contributed by atoms with E-state index in [0.717, 1.165) is 28.1 Å². The SMILES string of the molecule is Nc1ccc(/C=C/c2nc3ccc(Cl)cc3[nH]2)cc1. The monoisotopic (exact) mass is 269 g/mol. The fourth-order valence-electron chi connectivity index (χ4n) is 1.86. The molecule has 1 aromatic heterocycles. The second-order valence-corrected chi connectivity index (χ2v) is 4.72. The van der Waals surface area contributed by atoms with Gasteiger partial charge in [0.1, 0.15) is 5.82 Å². The molecule has 0 unspecified atom stereocenters. The van der Waals surface area contributed by atoms with Crippen LogP contribution < -0.4 is 5.73 Å². The molecular weight excluding hydrogens is 258 g/mol. The highest BCUT2D eigenvalue weighted by Gasteiger charge is 2.00. The molecule has 0 aliphatic carbocycles. The van der Waals surface area contributed by atoms with Gasteiger partial charge in [-0.3, -0.25) is 0 Å². The third-order valence-electron chi connectivity index (χ3n) is 2.83. The molecule has 0 aliphatic rings. The maximum atomic E-state index is 5.94. The van der Waals surface area contributed by atoms with Gasteiger partial charge in [0, 0.05) is 10.7 Å². The zero-order valence-corrected chi connectivity index (χ0v) is 10.9. The number of aromatic nitrogens is 2. The van der Waals surface area contributed by atoms with Gasteiger partial charge in [-0.1, -0.05) is 29.8 Å². The van der Waals surface area contributed by atoms with Crippen LogP contribution in [0.1, 0.15) is 11.4 Å². The third-order valence-corrected chi connectivity index (χ3v) is 3.07. The molecule has 0 aliphatic heterocycles. The van der Waals surface area contributed by atoms with Crippen molar-refractivity contribution < 1.29 is 0 Å². The Morgan fingerprint density at radius 2 is 1.84 bits per heavy atom. The van der Waals surface area contributed by atoms with Gasteiger partial charge in [0.25, 0.3) is 0 Å². The normalized spacial score (nSPS) is 11.4. The van der Waals surface area contributed by atoms with Crippen molar-refractivity contribution in [2.24, 2.45) is 0 Å². The molecule has 0 bridgehead atoms. The van der Waals surface area contributed by atoms with E-state index in [9.17, 15) is 0 Å². The molecule has 3 rings (SSSR count). The summed E-state index contributed by atoms with van der Waals surface area (Å²) >= 11 is 5.94. The molecule has 0 saturated heterocycles. The second kappa shape index (κ2) is 4.78. The highest BCUT2D eigenvalue weighted by Crippen LogP contribution is 2.18. The topological polar surface area (TPSA) is 54.7 Å². The standard InChI is InChI=1S/C15H12ClN3/c16-11-4-7-13-14(9-11)19-15(18-13)8-3-10-1-5-12(17)6-2-10/h1-9H,17H2,(H,18,19)/b8-3+. The molecule has 2 aromatic carbocycles. The van der Waals surface area contributed by atoms with E-state index in [4.69, 9.17) is 17.3 Å². The summed E-state index contributed by atoms with van der Waals surface area (Å²) in [6.07, 6.45) is 3.91. The number of nitrogens with one attached hydrogen (secondary N) is 1. The molecule has 4 heteroatoms. The summed E-state index contributed by atoms with van der Waals surface area (Å²) in [5.74, 6) is 0.800. The Labute approximate surface area is 115 Å². The van der Waals surface area contributed by atoms with Crippen molar-refractivity contribution in [3.8, 4) is 0 Å². The molecule has 0 saturated carbocycles. The number of nitrogens with two attached hydrogens (primary N) is 1. The summed E-state index contributed by atoms with van der Waals surface area (Å²) in [7, 11) is 0. The smallest absolute Gasteiger partial charge is 0.131 e. The van der Waals surface area contributed by atoms with E-state index in [0.29, 0.717) is 5.02 Å². The molecule has 3 nitrogen and oxygen atoms in total. The first kappa shape index (κ1) is 11.8. The zero-order valence-electron chi connectivity index (χ0n) is 10.1. The zero-order chi connectivity index (χ0) is 13.2. The van der Waals surface area contributed by atoms with Crippen molar-refractivity contribution in [2.45, 2.75) is 0 Å². The summed E-state index contributed by atoms with van der Waals surface area (Å²) in [5.41, 5.74) is 9.32. The molecule has 0 radical (unpaired) electrons. The summed E-state index contributed by atoms with van der Waals surface area (Å²) < 4.78 is 0. The molecule has 94 valence electrons. The number of nitrogens with zero attached hydrogens (tertiary/aromatic N) is 1. The van der Waals surface area contributed by atoms with Gasteiger partial charge in [-0.2, -0.15) is 0 Å². The van der Waals surface area contributed by atoms with E-state index < -0.39 is 0 Å². The van der Waals surface area contributed by atoms with Crippen molar-refractivity contribution in [1.82, 2.24) is 9.97 Å². The van der Waals surface area contributed by atoms with Crippen LogP contribution in [0.2, 0.25) is 5.02 Å². The van der Waals surface area contributed by atoms with Gasteiger partial charge >= 0.3 is 0 Å². The van der Waals surface area contributed by atoms with E-state index in [1.165, 1.54) is 0 Å². The van der Waals surface area contributed by atoms with Crippen molar-refractivity contribution in [1.29, 1.82) is 0 Å². The number of rotatable bonds is 2. The van der Waals surface area contributed by atoms with Crippen LogP contribution in [0.4, 0.5) is 5.69 Å². The van der Waals surface area contributed by atoms with Gasteiger partial charge in [-0.15, -0.1) is 0 Å². The number of aromatic amines is 1. The highest BCUT2D eigenvalue weighted by molar-refractivity contribution is 6.31. The number of halogens is 1. The van der Waals surface area contributed by atoms with Gasteiger partial charge in [-0.25, -0.2) is 4.98 Å². The van der Waals surface area contributed by atoms with E-state index in [-0.39, 0.29) is 0 Å². The van der Waals surface area contributed by atoms with Crippen molar-refractivity contribution in [3.05, 3.63) is 58.9 Å². The Kier molecular flexibility index (Phi) is 2.97. The highest BCUT2D eigenvalue weighted by atomic mass is 35.5. The number of hydrogen-bond donors (Lipinski definition) is 2. The van der Waals surface area contributed by atoms with Gasteiger partial charge < -0.3 is 10.7 Å². The van der Waals surface area contributed by atoms with Crippen LogP contribution >= 0.6 is 11.6 Å². The van der Waals surface area contributed by atoms with E-state index in [2.05, 4.69) is 9.97 Å². The largest absolute Gasteiger partial charge is 0.399 e. The van der Waals surface area contributed by atoms with Gasteiger partial charge in [0.05, 0.1) is 11.0 Å². The molecule has 1 heterocycles. The van der Waals surface area contributed by atoms with Crippen molar-refractivity contribution in [3.63, 3.8) is 0 Å². The van der Waals surface area contributed by atoms with Crippen LogP contribution in [0.5, 0.6) is 0 Å². The van der Waals surface area contributed by atoms with Crippen LogP contribution in [-0.2, 0) is 0 Å². The lowest BCUT2D eigenvalue weighted by Gasteiger charge is -1.93. The summed E-state index contributed by atoms with van der Waals surface area (Å²) in [6, 6.07) is 13.3. The molecule has 0 spiro atoms. The Hall–Kier alpha value is -2.26. The minimum Gasteiger partial charge on any atom is -0.399 e.